The van der Waals surface area contributed by atoms with Gasteiger partial charge in [0.15, 0.2) is 5.82 Å². The molecule has 130 valence electrons. The van der Waals surface area contributed by atoms with Crippen molar-refractivity contribution in [2.75, 3.05) is 19.5 Å². The maximum absolute atomic E-state index is 12.3. The smallest absolute Gasteiger partial charge is 0.327 e. The Kier molecular flexibility index (Phi) is 4.01. The van der Waals surface area contributed by atoms with E-state index in [1.807, 2.05) is 0 Å². The molecule has 0 saturated heterocycles. The SMILES string of the molecule is CNC1=C([N+](=O)[O-])C(c2ccc(OC)cc2)c2c([nH]c(=O)[nH]c2=O)N1. The summed E-state index contributed by atoms with van der Waals surface area (Å²) in [5.74, 6) is -0.182. The molecule has 0 spiro atoms. The molecule has 1 atom stereocenters. The van der Waals surface area contributed by atoms with Crippen molar-refractivity contribution < 1.29 is 9.66 Å². The number of methoxy groups -OCH3 is 1. The van der Waals surface area contributed by atoms with Crippen molar-refractivity contribution in [3.63, 3.8) is 0 Å². The van der Waals surface area contributed by atoms with Gasteiger partial charge in [-0.3, -0.25) is 24.9 Å². The summed E-state index contributed by atoms with van der Waals surface area (Å²) in [4.78, 5) is 39.6. The first-order valence-electron chi connectivity index (χ1n) is 7.30. The molecule has 1 aromatic carbocycles. The van der Waals surface area contributed by atoms with Crippen molar-refractivity contribution in [2.24, 2.45) is 0 Å². The summed E-state index contributed by atoms with van der Waals surface area (Å²) in [5, 5.41) is 17.1. The molecular weight excluding hydrogens is 330 g/mol. The lowest BCUT2D eigenvalue weighted by Crippen LogP contribution is -2.37. The van der Waals surface area contributed by atoms with Crippen LogP contribution in [0.25, 0.3) is 0 Å². The Balaban J connectivity index is 2.30. The molecule has 25 heavy (non-hydrogen) atoms. The minimum absolute atomic E-state index is 0.0652. The van der Waals surface area contributed by atoms with Gasteiger partial charge in [-0.25, -0.2) is 4.79 Å². The Morgan fingerprint density at radius 2 is 1.88 bits per heavy atom. The highest BCUT2D eigenvalue weighted by atomic mass is 16.6. The second-order valence-electron chi connectivity index (χ2n) is 5.30. The van der Waals surface area contributed by atoms with Gasteiger partial charge in [-0.2, -0.15) is 0 Å². The Bertz CT molecular complexity index is 973. The van der Waals surface area contributed by atoms with Gasteiger partial charge in [0.2, 0.25) is 0 Å². The van der Waals surface area contributed by atoms with Crippen LogP contribution >= 0.6 is 0 Å². The lowest BCUT2D eigenvalue weighted by Gasteiger charge is -2.25. The van der Waals surface area contributed by atoms with Crippen molar-refractivity contribution >= 4 is 5.82 Å². The van der Waals surface area contributed by atoms with Gasteiger partial charge in [0.25, 0.3) is 11.3 Å². The quantitative estimate of drug-likeness (QED) is 0.461. The van der Waals surface area contributed by atoms with Gasteiger partial charge >= 0.3 is 5.69 Å². The average Bonchev–Trinajstić information content (AvgIpc) is 2.59. The van der Waals surface area contributed by atoms with E-state index in [0.717, 1.165) is 0 Å². The van der Waals surface area contributed by atoms with Crippen LogP contribution in [0, 0.1) is 10.1 Å². The van der Waals surface area contributed by atoms with E-state index in [9.17, 15) is 19.7 Å². The highest BCUT2D eigenvalue weighted by molar-refractivity contribution is 5.59. The average molecular weight is 345 g/mol. The molecule has 1 aliphatic rings. The molecule has 1 aliphatic heterocycles. The van der Waals surface area contributed by atoms with Crippen LogP contribution < -0.4 is 26.6 Å². The third-order valence-corrected chi connectivity index (χ3v) is 3.94. The highest BCUT2D eigenvalue weighted by Gasteiger charge is 2.40. The summed E-state index contributed by atoms with van der Waals surface area (Å²) in [6.45, 7) is 0. The van der Waals surface area contributed by atoms with Crippen molar-refractivity contribution in [1.29, 1.82) is 0 Å². The van der Waals surface area contributed by atoms with Crippen molar-refractivity contribution in [1.82, 2.24) is 15.3 Å². The zero-order chi connectivity index (χ0) is 18.1. The monoisotopic (exact) mass is 345 g/mol. The van der Waals surface area contributed by atoms with Gasteiger partial charge in [-0.1, -0.05) is 12.1 Å². The van der Waals surface area contributed by atoms with E-state index in [1.165, 1.54) is 14.2 Å². The number of rotatable bonds is 4. The number of hydrogen-bond donors (Lipinski definition) is 4. The minimum atomic E-state index is -0.972. The number of allylic oxidation sites excluding steroid dienone is 1. The summed E-state index contributed by atoms with van der Waals surface area (Å²) >= 11 is 0. The van der Waals surface area contributed by atoms with Crippen LogP contribution in [-0.4, -0.2) is 29.0 Å². The van der Waals surface area contributed by atoms with E-state index in [1.54, 1.807) is 24.3 Å². The predicted octanol–water partition coefficient (Wildman–Crippen LogP) is 0.294. The fraction of sp³-hybridized carbons (Fsp3) is 0.200. The topological polar surface area (TPSA) is 142 Å². The number of fused-ring (bicyclic) bond motifs is 1. The molecule has 0 aliphatic carbocycles. The Labute approximate surface area is 140 Å². The highest BCUT2D eigenvalue weighted by Crippen LogP contribution is 2.38. The Hall–Kier alpha value is -3.56. The van der Waals surface area contributed by atoms with Crippen molar-refractivity contribution in [3.8, 4) is 5.75 Å². The molecule has 1 aromatic heterocycles. The first kappa shape index (κ1) is 16.3. The number of nitro groups is 1. The molecule has 0 bridgehead atoms. The maximum Gasteiger partial charge on any atom is 0.327 e. The van der Waals surface area contributed by atoms with Crippen LogP contribution in [0.5, 0.6) is 5.75 Å². The molecule has 2 heterocycles. The number of hydrogen-bond acceptors (Lipinski definition) is 7. The molecule has 0 fully saturated rings. The zero-order valence-corrected chi connectivity index (χ0v) is 13.4. The molecule has 4 N–H and O–H groups in total. The van der Waals surface area contributed by atoms with Crippen molar-refractivity contribution in [2.45, 2.75) is 5.92 Å². The number of nitrogens with zero attached hydrogens (tertiary/aromatic N) is 1. The predicted molar refractivity (Wildman–Crippen MR) is 89.2 cm³/mol. The molecule has 1 unspecified atom stereocenters. The van der Waals surface area contributed by atoms with Gasteiger partial charge < -0.3 is 15.4 Å². The van der Waals surface area contributed by atoms with E-state index in [2.05, 4.69) is 20.6 Å². The third kappa shape index (κ3) is 2.73. The normalized spacial score (nSPS) is 16.0. The van der Waals surface area contributed by atoms with E-state index < -0.39 is 22.1 Å². The van der Waals surface area contributed by atoms with Crippen molar-refractivity contribution in [3.05, 3.63) is 77.9 Å². The summed E-state index contributed by atoms with van der Waals surface area (Å²) in [6, 6.07) is 6.57. The minimum Gasteiger partial charge on any atom is -0.497 e. The molecule has 2 aromatic rings. The number of ether oxygens (including phenoxy) is 1. The summed E-state index contributed by atoms with van der Waals surface area (Å²) in [7, 11) is 3.01. The first-order chi connectivity index (χ1) is 12.0. The molecule has 0 radical (unpaired) electrons. The molecular formula is C15H15N5O5. The number of aromatic nitrogens is 2. The zero-order valence-electron chi connectivity index (χ0n) is 13.4. The van der Waals surface area contributed by atoms with Gasteiger partial charge in [0, 0.05) is 7.05 Å². The molecule has 0 saturated carbocycles. The van der Waals surface area contributed by atoms with E-state index >= 15 is 0 Å². The molecule has 0 amide bonds. The number of aromatic amines is 2. The van der Waals surface area contributed by atoms with Gasteiger partial charge in [-0.05, 0) is 17.7 Å². The van der Waals surface area contributed by atoms with Gasteiger partial charge in [0.1, 0.15) is 17.5 Å². The standard InChI is InChI=1S/C15H15N5O5/c1-16-13-11(20(23)24)9(7-3-5-8(25-2)6-4-7)10-12(17-13)18-15(22)19-14(10)21/h3-6,9,16H,1-2H3,(H3,17,18,19,21,22). The number of anilines is 1. The van der Waals surface area contributed by atoms with Crippen LogP contribution in [-0.2, 0) is 0 Å². The maximum atomic E-state index is 12.3. The number of nitrogens with one attached hydrogen (secondary N) is 4. The Morgan fingerprint density at radius 1 is 1.20 bits per heavy atom. The molecule has 3 rings (SSSR count). The van der Waals surface area contributed by atoms with E-state index in [-0.39, 0.29) is 22.9 Å². The second-order valence-corrected chi connectivity index (χ2v) is 5.30. The largest absolute Gasteiger partial charge is 0.497 e. The van der Waals surface area contributed by atoms with Gasteiger partial charge in [-0.15, -0.1) is 0 Å². The van der Waals surface area contributed by atoms with Crippen LogP contribution in [0.15, 0.2) is 45.4 Å². The summed E-state index contributed by atoms with van der Waals surface area (Å²) < 4.78 is 5.10. The molecule has 10 nitrogen and oxygen atoms in total. The third-order valence-electron chi connectivity index (χ3n) is 3.94. The number of benzene rings is 1. The fourth-order valence-electron chi connectivity index (χ4n) is 2.85. The van der Waals surface area contributed by atoms with Crippen LogP contribution in [0.3, 0.4) is 0 Å². The first-order valence-corrected chi connectivity index (χ1v) is 7.30. The molecule has 10 heteroatoms. The van der Waals surface area contributed by atoms with Crippen LogP contribution in [0.4, 0.5) is 5.82 Å². The fourth-order valence-corrected chi connectivity index (χ4v) is 2.85. The van der Waals surface area contributed by atoms with Crippen LogP contribution in [0.1, 0.15) is 17.0 Å². The second kappa shape index (κ2) is 6.15. The van der Waals surface area contributed by atoms with E-state index in [0.29, 0.717) is 11.3 Å². The number of H-pyrrole nitrogens is 2. The Morgan fingerprint density at radius 3 is 2.44 bits per heavy atom. The van der Waals surface area contributed by atoms with Crippen LogP contribution in [0.2, 0.25) is 0 Å². The summed E-state index contributed by atoms with van der Waals surface area (Å²) in [5.41, 5.74) is -1.04. The van der Waals surface area contributed by atoms with Gasteiger partial charge in [0.05, 0.1) is 17.6 Å². The lowest BCUT2D eigenvalue weighted by atomic mass is 9.87. The lowest BCUT2D eigenvalue weighted by molar-refractivity contribution is -0.430. The van der Waals surface area contributed by atoms with E-state index in [4.69, 9.17) is 4.74 Å². The summed E-state index contributed by atoms with van der Waals surface area (Å²) in [6.07, 6.45) is 0.